The summed E-state index contributed by atoms with van der Waals surface area (Å²) in [6, 6.07) is 6.86. The molecule has 0 saturated carbocycles. The monoisotopic (exact) mass is 591 g/mol. The van der Waals surface area contributed by atoms with Crippen molar-refractivity contribution in [3.05, 3.63) is 63.8 Å². The van der Waals surface area contributed by atoms with Crippen molar-refractivity contribution in [3.63, 3.8) is 0 Å². The largest absolute Gasteiger partial charge is 0.493 e. The van der Waals surface area contributed by atoms with Crippen LogP contribution in [0.1, 0.15) is 61.9 Å². The van der Waals surface area contributed by atoms with Crippen LogP contribution < -0.4 is 35.6 Å². The Kier molecular flexibility index (Phi) is 11.0. The van der Waals surface area contributed by atoms with Crippen LogP contribution in [0, 0.1) is 0 Å². The normalized spacial score (nSPS) is 13.6. The third-order valence-corrected chi connectivity index (χ3v) is 7.58. The molecule has 0 aliphatic heterocycles. The average molecular weight is 592 g/mol. The molecule has 0 saturated heterocycles. The van der Waals surface area contributed by atoms with Gasteiger partial charge in [-0.1, -0.05) is 12.5 Å². The van der Waals surface area contributed by atoms with Gasteiger partial charge in [0.2, 0.25) is 23.0 Å². The zero-order valence-electron chi connectivity index (χ0n) is 25.3. The summed E-state index contributed by atoms with van der Waals surface area (Å²) >= 11 is 0. The van der Waals surface area contributed by atoms with Crippen molar-refractivity contribution in [2.45, 2.75) is 57.9 Å². The maximum atomic E-state index is 13.4. The SMILES string of the molecule is COc1cc2c(c(OC)c1OC)-c1ccc(NCCCCCC(=O)NCCc3cnc[nH]3)c(=O)cc1[C@H](NC(C)=O)CC2. The average Bonchev–Trinajstić information content (AvgIpc) is 3.40. The van der Waals surface area contributed by atoms with Gasteiger partial charge < -0.3 is 35.1 Å². The Morgan fingerprint density at radius 3 is 2.53 bits per heavy atom. The summed E-state index contributed by atoms with van der Waals surface area (Å²) in [6.07, 6.45) is 8.21. The summed E-state index contributed by atoms with van der Waals surface area (Å²) in [7, 11) is 4.71. The Morgan fingerprint density at radius 1 is 1.02 bits per heavy atom. The Morgan fingerprint density at radius 2 is 1.84 bits per heavy atom. The number of hydrogen-bond acceptors (Lipinski definition) is 8. The minimum atomic E-state index is -0.361. The van der Waals surface area contributed by atoms with Crippen LogP contribution in [0.15, 0.2) is 41.6 Å². The summed E-state index contributed by atoms with van der Waals surface area (Å²) < 4.78 is 17.1. The molecule has 1 aliphatic rings. The lowest BCUT2D eigenvalue weighted by Gasteiger charge is -2.19. The van der Waals surface area contributed by atoms with Crippen molar-refractivity contribution in [1.82, 2.24) is 20.6 Å². The van der Waals surface area contributed by atoms with Gasteiger partial charge in [0.1, 0.15) is 0 Å². The molecule has 11 heteroatoms. The van der Waals surface area contributed by atoms with Gasteiger partial charge in [-0.25, -0.2) is 4.98 Å². The van der Waals surface area contributed by atoms with Crippen LogP contribution in [0.4, 0.5) is 5.69 Å². The van der Waals surface area contributed by atoms with Crippen LogP contribution in [0.25, 0.3) is 11.1 Å². The van der Waals surface area contributed by atoms with Crippen LogP contribution in [0.2, 0.25) is 0 Å². The van der Waals surface area contributed by atoms with Gasteiger partial charge in [0.15, 0.2) is 11.5 Å². The fraction of sp³-hybridized carbons (Fsp3) is 0.438. The highest BCUT2D eigenvalue weighted by Crippen LogP contribution is 2.50. The minimum absolute atomic E-state index is 0.0320. The number of imidazole rings is 1. The molecule has 3 aromatic rings. The molecule has 11 nitrogen and oxygen atoms in total. The van der Waals surface area contributed by atoms with Crippen molar-refractivity contribution in [2.75, 3.05) is 39.7 Å². The highest BCUT2D eigenvalue weighted by molar-refractivity contribution is 5.83. The number of amides is 2. The number of hydrogen-bond donors (Lipinski definition) is 4. The number of methoxy groups -OCH3 is 3. The number of benzene rings is 1. The lowest BCUT2D eigenvalue weighted by Crippen LogP contribution is -2.26. The van der Waals surface area contributed by atoms with E-state index in [1.165, 1.54) is 6.92 Å². The van der Waals surface area contributed by atoms with E-state index in [-0.39, 0.29) is 23.3 Å². The number of nitrogens with one attached hydrogen (secondary N) is 4. The first-order chi connectivity index (χ1) is 20.9. The molecule has 1 aromatic heterocycles. The Hall–Kier alpha value is -4.54. The number of carbonyl (C=O) groups excluding carboxylic acids is 2. The molecule has 1 atom stereocenters. The van der Waals surface area contributed by atoms with E-state index >= 15 is 0 Å². The van der Waals surface area contributed by atoms with Crippen molar-refractivity contribution >= 4 is 17.5 Å². The maximum absolute atomic E-state index is 13.4. The molecule has 1 aliphatic carbocycles. The van der Waals surface area contributed by atoms with Crippen molar-refractivity contribution < 1.29 is 23.8 Å². The highest BCUT2D eigenvalue weighted by Gasteiger charge is 2.29. The lowest BCUT2D eigenvalue weighted by atomic mass is 9.95. The lowest BCUT2D eigenvalue weighted by molar-refractivity contribution is -0.121. The Bertz CT molecular complexity index is 1470. The second-order valence-electron chi connectivity index (χ2n) is 10.5. The van der Waals surface area contributed by atoms with Gasteiger partial charge in [-0.3, -0.25) is 14.4 Å². The number of rotatable bonds is 14. The summed E-state index contributed by atoms with van der Waals surface area (Å²) in [4.78, 5) is 44.7. The number of aryl methyl sites for hydroxylation is 1. The molecule has 0 unspecified atom stereocenters. The van der Waals surface area contributed by atoms with E-state index in [1.807, 2.05) is 12.1 Å². The van der Waals surface area contributed by atoms with E-state index in [1.54, 1.807) is 46.0 Å². The van der Waals surface area contributed by atoms with Gasteiger partial charge in [-0.15, -0.1) is 0 Å². The number of anilines is 1. The third kappa shape index (κ3) is 7.85. The maximum Gasteiger partial charge on any atom is 0.220 e. The minimum Gasteiger partial charge on any atom is -0.493 e. The van der Waals surface area contributed by atoms with Gasteiger partial charge in [0.25, 0.3) is 0 Å². The number of ether oxygens (including phenoxy) is 3. The van der Waals surface area contributed by atoms with Crippen LogP contribution in [-0.4, -0.2) is 56.2 Å². The predicted molar refractivity (Wildman–Crippen MR) is 165 cm³/mol. The first-order valence-corrected chi connectivity index (χ1v) is 14.6. The molecule has 0 spiro atoms. The number of nitrogens with zero attached hydrogens (tertiary/aromatic N) is 1. The Balaban J connectivity index is 1.47. The second-order valence-corrected chi connectivity index (χ2v) is 10.5. The quantitative estimate of drug-likeness (QED) is 0.207. The molecule has 4 rings (SSSR count). The summed E-state index contributed by atoms with van der Waals surface area (Å²) in [5.74, 6) is 1.39. The van der Waals surface area contributed by atoms with Gasteiger partial charge in [-0.2, -0.15) is 0 Å². The summed E-state index contributed by atoms with van der Waals surface area (Å²) in [5.41, 5.74) is 4.57. The van der Waals surface area contributed by atoms with E-state index in [2.05, 4.69) is 25.9 Å². The third-order valence-electron chi connectivity index (χ3n) is 7.58. The number of aromatic amines is 1. The molecule has 43 heavy (non-hydrogen) atoms. The Labute approximate surface area is 251 Å². The number of carbonyl (C=O) groups is 2. The molecule has 0 bridgehead atoms. The zero-order valence-corrected chi connectivity index (χ0v) is 25.3. The van der Waals surface area contributed by atoms with Crippen LogP contribution in [0.5, 0.6) is 17.2 Å². The molecule has 2 amide bonds. The molecule has 4 N–H and O–H groups in total. The van der Waals surface area contributed by atoms with Crippen molar-refractivity contribution in [2.24, 2.45) is 0 Å². The van der Waals surface area contributed by atoms with Gasteiger partial charge in [0, 0.05) is 50.3 Å². The van der Waals surface area contributed by atoms with Gasteiger partial charge in [0.05, 0.1) is 39.4 Å². The van der Waals surface area contributed by atoms with Crippen LogP contribution >= 0.6 is 0 Å². The zero-order chi connectivity index (χ0) is 30.8. The number of H-pyrrole nitrogens is 1. The van der Waals surface area contributed by atoms with Crippen molar-refractivity contribution in [1.29, 1.82) is 0 Å². The number of fused-ring (bicyclic) bond motifs is 3. The standard InChI is InChI=1S/C32H41N5O6/c1-20(38)37-25-11-9-21-16-28(41-2)31(42-3)32(43-4)30(21)23-10-12-26(27(39)17-24(23)25)34-14-7-5-6-8-29(40)35-15-13-22-18-33-19-36-22/h10,12,16-19,25H,5-9,11,13-15H2,1-4H3,(H,33,36)(H,34,39)(H,35,40)(H,37,38)/t25-/m1/s1. The van der Waals surface area contributed by atoms with E-state index in [9.17, 15) is 14.4 Å². The fourth-order valence-electron chi connectivity index (χ4n) is 5.51. The molecular weight excluding hydrogens is 550 g/mol. The topological polar surface area (TPSA) is 144 Å². The predicted octanol–water partition coefficient (Wildman–Crippen LogP) is 3.92. The highest BCUT2D eigenvalue weighted by atomic mass is 16.5. The smallest absolute Gasteiger partial charge is 0.220 e. The van der Waals surface area contributed by atoms with Crippen molar-refractivity contribution in [3.8, 4) is 28.4 Å². The number of unbranched alkanes of at least 4 members (excludes halogenated alkanes) is 2. The molecule has 2 aromatic carbocycles. The van der Waals surface area contributed by atoms with E-state index < -0.39 is 0 Å². The van der Waals surface area contributed by atoms with Gasteiger partial charge >= 0.3 is 0 Å². The van der Waals surface area contributed by atoms with Gasteiger partial charge in [-0.05, 0) is 60.6 Å². The number of aromatic nitrogens is 2. The fourth-order valence-corrected chi connectivity index (χ4v) is 5.51. The first-order valence-electron chi connectivity index (χ1n) is 14.6. The van der Waals surface area contributed by atoms with E-state index in [0.29, 0.717) is 55.3 Å². The summed E-state index contributed by atoms with van der Waals surface area (Å²) in [5, 5.41) is 9.23. The van der Waals surface area contributed by atoms with E-state index in [0.717, 1.165) is 53.6 Å². The molecular formula is C32H41N5O6. The van der Waals surface area contributed by atoms with Crippen LogP contribution in [-0.2, 0) is 22.4 Å². The van der Waals surface area contributed by atoms with E-state index in [4.69, 9.17) is 14.2 Å². The molecule has 1 heterocycles. The van der Waals surface area contributed by atoms with Crippen LogP contribution in [0.3, 0.4) is 0 Å². The molecule has 0 fully saturated rings. The summed E-state index contributed by atoms with van der Waals surface area (Å²) in [6.45, 7) is 2.64. The molecule has 230 valence electrons. The first kappa shape index (κ1) is 31.4. The second kappa shape index (κ2) is 15.1. The molecule has 0 radical (unpaired) electrons.